The Morgan fingerprint density at radius 2 is 1.58 bits per heavy atom. The Bertz CT molecular complexity index is 1380. The number of nitro benzene ring substituents is 2. The van der Waals surface area contributed by atoms with Crippen LogP contribution in [0.2, 0.25) is 0 Å². The highest BCUT2D eigenvalue weighted by molar-refractivity contribution is 14.1. The van der Waals surface area contributed by atoms with Crippen LogP contribution in [0.1, 0.15) is 16.7 Å². The van der Waals surface area contributed by atoms with Crippen LogP contribution in [0.25, 0.3) is 0 Å². The number of phenols is 1. The van der Waals surface area contributed by atoms with Crippen molar-refractivity contribution in [1.29, 1.82) is 0 Å². The van der Waals surface area contributed by atoms with Crippen molar-refractivity contribution in [2.75, 3.05) is 0 Å². The number of para-hydroxylation sites is 1. The number of aliphatic carboxylic acids is 1. The summed E-state index contributed by atoms with van der Waals surface area (Å²) in [6.07, 6.45) is -0.169. The van der Waals surface area contributed by atoms with Gasteiger partial charge in [-0.15, -0.1) is 0 Å². The second kappa shape index (κ2) is 11.8. The summed E-state index contributed by atoms with van der Waals surface area (Å²) in [5, 5.41) is 42.4. The number of ether oxygens (including phenoxy) is 1. The van der Waals surface area contributed by atoms with Crippen molar-refractivity contribution in [3.63, 3.8) is 0 Å². The molecule has 0 heterocycles. The predicted molar refractivity (Wildman–Crippen MR) is 155 cm³/mol. The van der Waals surface area contributed by atoms with E-state index in [4.69, 9.17) is 10.5 Å². The summed E-state index contributed by atoms with van der Waals surface area (Å²) in [4.78, 5) is 32.9. The summed E-state index contributed by atoms with van der Waals surface area (Å²) in [7, 11) is 0. The van der Waals surface area contributed by atoms with Gasteiger partial charge in [0, 0.05) is 18.1 Å². The number of phenolic OH excluding ortho intramolecular Hbond substituents is 1. The van der Waals surface area contributed by atoms with E-state index in [2.05, 4.69) is 0 Å². The van der Waals surface area contributed by atoms with Gasteiger partial charge >= 0.3 is 17.3 Å². The Morgan fingerprint density at radius 1 is 0.944 bits per heavy atom. The van der Waals surface area contributed by atoms with Crippen LogP contribution in [0.5, 0.6) is 17.2 Å². The zero-order valence-corrected chi connectivity index (χ0v) is 24.5. The molecule has 188 valence electrons. The van der Waals surface area contributed by atoms with Crippen LogP contribution < -0.4 is 10.5 Å². The summed E-state index contributed by atoms with van der Waals surface area (Å²) in [6.45, 7) is 0. The lowest BCUT2D eigenvalue weighted by Crippen LogP contribution is -2.32. The van der Waals surface area contributed by atoms with E-state index in [0.717, 1.165) is 6.07 Å². The van der Waals surface area contributed by atoms with Crippen molar-refractivity contribution in [3.8, 4) is 17.2 Å². The van der Waals surface area contributed by atoms with E-state index in [1.54, 1.807) is 18.2 Å². The first kappa shape index (κ1) is 28.3. The molecule has 1 atom stereocenters. The fourth-order valence-corrected chi connectivity index (χ4v) is 5.25. The maximum Gasteiger partial charge on any atom is 0.349 e. The largest absolute Gasteiger partial charge is 0.507 e. The minimum absolute atomic E-state index is 0.0711. The van der Waals surface area contributed by atoms with Gasteiger partial charge in [0.25, 0.3) is 0 Å². The van der Waals surface area contributed by atoms with E-state index in [1.165, 1.54) is 18.2 Å². The van der Waals surface area contributed by atoms with E-state index < -0.39 is 33.2 Å². The summed E-state index contributed by atoms with van der Waals surface area (Å²) >= 11 is 6.01. The van der Waals surface area contributed by atoms with E-state index in [0.29, 0.717) is 33.3 Å². The summed E-state index contributed by atoms with van der Waals surface area (Å²) in [6, 6.07) is 8.93. The molecule has 0 aromatic heterocycles. The first-order valence-corrected chi connectivity index (χ1v) is 13.2. The van der Waals surface area contributed by atoms with Gasteiger partial charge in [-0.05, 0) is 104 Å². The topological polar surface area (TPSA) is 179 Å². The predicted octanol–water partition coefficient (Wildman–Crippen LogP) is 5.36. The molecule has 3 aromatic carbocycles. The van der Waals surface area contributed by atoms with Gasteiger partial charge in [-0.25, -0.2) is 0 Å². The minimum atomic E-state index is -1.23. The number of carboxylic acids is 1. The Morgan fingerprint density at radius 3 is 2.19 bits per heavy atom. The van der Waals surface area contributed by atoms with Gasteiger partial charge in [-0.3, -0.25) is 25.0 Å². The Hall–Kier alpha value is -2.32. The molecule has 0 aliphatic rings. The fourth-order valence-electron chi connectivity index (χ4n) is 3.41. The molecule has 36 heavy (non-hydrogen) atoms. The van der Waals surface area contributed by atoms with Crippen molar-refractivity contribution in [2.24, 2.45) is 5.73 Å². The zero-order valence-electron chi connectivity index (χ0n) is 18.0. The highest BCUT2D eigenvalue weighted by Gasteiger charge is 2.29. The SMILES string of the molecule is NC(Cc1ccc(Oc2ccc(O)c(I)c2I)c(I)c1Cc1cccc([N+](=O)[O-])c1[N+](=O)[O-])C(=O)O. The standard InChI is InChI=1S/C22H16I3N3O8/c23-18-12(8-11-2-1-3-14(27(32)33)21(11)28(34)35)10(9-13(26)22(30)31)4-6-16(18)36-17-7-5-15(29)19(24)20(17)25/h1-7,13,29H,8-9,26H2,(H,30,31). The maximum atomic E-state index is 11.7. The van der Waals surface area contributed by atoms with Crippen molar-refractivity contribution in [2.45, 2.75) is 18.9 Å². The molecule has 0 spiro atoms. The first-order valence-electron chi connectivity index (χ1n) is 9.96. The number of hydrogen-bond donors (Lipinski definition) is 3. The molecule has 0 saturated carbocycles. The number of halogens is 3. The van der Waals surface area contributed by atoms with Gasteiger partial charge in [0.1, 0.15) is 23.3 Å². The van der Waals surface area contributed by atoms with Crippen LogP contribution >= 0.6 is 67.8 Å². The van der Waals surface area contributed by atoms with E-state index >= 15 is 0 Å². The molecule has 0 bridgehead atoms. The molecule has 14 heteroatoms. The van der Waals surface area contributed by atoms with Crippen LogP contribution in [0.15, 0.2) is 42.5 Å². The smallest absolute Gasteiger partial charge is 0.349 e. The molecule has 11 nitrogen and oxygen atoms in total. The fraction of sp³-hybridized carbons (Fsp3) is 0.136. The van der Waals surface area contributed by atoms with Gasteiger partial charge in [-0.2, -0.15) is 0 Å². The highest BCUT2D eigenvalue weighted by atomic mass is 127. The van der Waals surface area contributed by atoms with Gasteiger partial charge in [0.15, 0.2) is 0 Å². The van der Waals surface area contributed by atoms with Crippen LogP contribution in [0, 0.1) is 30.9 Å². The van der Waals surface area contributed by atoms with Gasteiger partial charge < -0.3 is 20.7 Å². The number of hydrogen-bond acceptors (Lipinski definition) is 8. The molecular formula is C22H16I3N3O8. The number of nitro groups is 2. The van der Waals surface area contributed by atoms with Crippen LogP contribution in [0.3, 0.4) is 0 Å². The monoisotopic (exact) mass is 831 g/mol. The molecule has 3 rings (SSSR count). The van der Waals surface area contributed by atoms with Crippen molar-refractivity contribution >= 4 is 85.1 Å². The number of benzene rings is 3. The molecular weight excluding hydrogens is 815 g/mol. The third-order valence-electron chi connectivity index (χ3n) is 5.15. The summed E-state index contributed by atoms with van der Waals surface area (Å²) < 4.78 is 7.87. The number of nitrogens with two attached hydrogens (primary N) is 1. The lowest BCUT2D eigenvalue weighted by Gasteiger charge is -2.18. The number of rotatable bonds is 9. The Balaban J connectivity index is 2.16. The minimum Gasteiger partial charge on any atom is -0.507 e. The van der Waals surface area contributed by atoms with Crippen LogP contribution in [0.4, 0.5) is 11.4 Å². The summed E-state index contributed by atoms with van der Waals surface area (Å²) in [5.41, 5.74) is 5.57. The first-order chi connectivity index (χ1) is 16.9. The average Bonchev–Trinajstić information content (AvgIpc) is 2.82. The molecule has 0 aliphatic heterocycles. The maximum absolute atomic E-state index is 11.7. The Labute approximate surface area is 244 Å². The third kappa shape index (κ3) is 6.14. The highest BCUT2D eigenvalue weighted by Crippen LogP contribution is 2.39. The molecule has 0 radical (unpaired) electrons. The number of carbonyl (C=O) groups is 1. The zero-order chi connectivity index (χ0) is 26.7. The molecule has 3 aromatic rings. The molecule has 0 fully saturated rings. The molecule has 0 saturated heterocycles. The van der Waals surface area contributed by atoms with Crippen molar-refractivity contribution < 1.29 is 29.6 Å². The quantitative estimate of drug-likeness (QED) is 0.146. The average molecular weight is 831 g/mol. The van der Waals surface area contributed by atoms with E-state index in [1.807, 2.05) is 67.8 Å². The number of nitrogens with zero attached hydrogens (tertiary/aromatic N) is 2. The van der Waals surface area contributed by atoms with Crippen molar-refractivity contribution in [3.05, 3.63) is 90.1 Å². The van der Waals surface area contributed by atoms with Crippen molar-refractivity contribution in [1.82, 2.24) is 0 Å². The second-order valence-corrected chi connectivity index (χ2v) is 10.7. The molecule has 4 N–H and O–H groups in total. The van der Waals surface area contributed by atoms with Gasteiger partial charge in [0.05, 0.1) is 20.6 Å². The van der Waals surface area contributed by atoms with E-state index in [-0.39, 0.29) is 24.2 Å². The lowest BCUT2D eigenvalue weighted by atomic mass is 9.94. The lowest BCUT2D eigenvalue weighted by molar-refractivity contribution is -0.422. The molecule has 0 aliphatic carbocycles. The normalized spacial score (nSPS) is 11.7. The number of aromatic hydroxyl groups is 1. The van der Waals surface area contributed by atoms with Crippen LogP contribution in [-0.2, 0) is 17.6 Å². The van der Waals surface area contributed by atoms with E-state index in [9.17, 15) is 35.2 Å². The number of carboxylic acid groups (broad SMARTS) is 1. The Kier molecular flexibility index (Phi) is 9.28. The molecule has 1 unspecified atom stereocenters. The molecule has 0 amide bonds. The second-order valence-electron chi connectivity index (χ2n) is 7.45. The summed E-state index contributed by atoms with van der Waals surface area (Å²) in [5.74, 6) is -0.284. The van der Waals surface area contributed by atoms with Crippen LogP contribution in [-0.4, -0.2) is 32.1 Å². The third-order valence-corrected chi connectivity index (χ3v) is 9.53. The van der Waals surface area contributed by atoms with Gasteiger partial charge in [0.2, 0.25) is 0 Å². The van der Waals surface area contributed by atoms with Gasteiger partial charge in [-0.1, -0.05) is 18.2 Å².